The van der Waals surface area contributed by atoms with Crippen molar-refractivity contribution in [2.45, 2.75) is 37.6 Å². The Hall–Kier alpha value is -3.10. The molecule has 8 heteroatoms. The fraction of sp³-hybridized carbons (Fsp3) is 0.292. The molecule has 1 saturated heterocycles. The normalized spacial score (nSPS) is 16.1. The number of ether oxygens (including phenoxy) is 1. The Balaban J connectivity index is 1.46. The van der Waals surface area contributed by atoms with E-state index in [1.54, 1.807) is 4.57 Å². The van der Waals surface area contributed by atoms with Crippen LogP contribution < -0.4 is 10.9 Å². The third kappa shape index (κ3) is 4.16. The zero-order valence-corrected chi connectivity index (χ0v) is 18.5. The molecule has 0 saturated carbocycles. The molecule has 1 unspecified atom stereocenters. The third-order valence-corrected chi connectivity index (χ3v) is 6.50. The molecule has 2 aromatic heterocycles. The lowest BCUT2D eigenvalue weighted by atomic mass is 10.2. The Kier molecular flexibility index (Phi) is 5.71. The first-order valence-electron chi connectivity index (χ1n) is 10.6. The summed E-state index contributed by atoms with van der Waals surface area (Å²) in [5, 5.41) is 4.17. The minimum atomic E-state index is -0.247. The Bertz CT molecular complexity index is 1340. The van der Waals surface area contributed by atoms with Crippen molar-refractivity contribution in [1.82, 2.24) is 9.55 Å². The number of nitrogens with zero attached hydrogens (tertiary/aromatic N) is 2. The van der Waals surface area contributed by atoms with Crippen LogP contribution in [0.15, 0.2) is 62.9 Å². The molecule has 4 aromatic rings. The smallest absolute Gasteiger partial charge is 0.297 e. The lowest BCUT2D eigenvalue weighted by molar-refractivity contribution is -0.113. The summed E-state index contributed by atoms with van der Waals surface area (Å²) in [6.45, 7) is 3.08. The number of carbonyl (C=O) groups is 1. The molecule has 2 aromatic carbocycles. The monoisotopic (exact) mass is 449 g/mol. The molecule has 1 aliphatic rings. The molecule has 0 spiro atoms. The van der Waals surface area contributed by atoms with Crippen molar-refractivity contribution in [1.29, 1.82) is 0 Å². The number of hydrogen-bond donors (Lipinski definition) is 1. The van der Waals surface area contributed by atoms with E-state index in [1.807, 2.05) is 55.5 Å². The van der Waals surface area contributed by atoms with Gasteiger partial charge in [0, 0.05) is 17.7 Å². The average molecular weight is 450 g/mol. The Labute approximate surface area is 188 Å². The first-order valence-corrected chi connectivity index (χ1v) is 11.6. The van der Waals surface area contributed by atoms with Crippen LogP contribution in [0.3, 0.4) is 0 Å². The molecule has 1 aliphatic heterocycles. The van der Waals surface area contributed by atoms with Crippen LogP contribution in [-0.2, 0) is 16.1 Å². The highest BCUT2D eigenvalue weighted by atomic mass is 32.2. The van der Waals surface area contributed by atoms with Gasteiger partial charge in [0.1, 0.15) is 11.1 Å². The maximum atomic E-state index is 13.3. The van der Waals surface area contributed by atoms with Crippen LogP contribution in [0.5, 0.6) is 0 Å². The Morgan fingerprint density at radius 3 is 2.81 bits per heavy atom. The van der Waals surface area contributed by atoms with E-state index in [9.17, 15) is 9.59 Å². The highest BCUT2D eigenvalue weighted by Crippen LogP contribution is 2.28. The molecule has 1 amide bonds. The fourth-order valence-electron chi connectivity index (χ4n) is 3.88. The van der Waals surface area contributed by atoms with Crippen molar-refractivity contribution >= 4 is 45.4 Å². The zero-order chi connectivity index (χ0) is 22.1. The lowest BCUT2D eigenvalue weighted by Gasteiger charge is -2.15. The van der Waals surface area contributed by atoms with Crippen LogP contribution in [0.1, 0.15) is 18.4 Å². The third-order valence-electron chi connectivity index (χ3n) is 5.52. The standard InChI is InChI=1S/C24H23N3O4S/c1-15-8-10-16(11-9-15)25-20(28)14-32-24-26-21-18-6-2-3-7-19(18)31-22(21)23(29)27(24)13-17-5-4-12-30-17/h2-3,6-11,17H,4-5,12-14H2,1H3,(H,25,28). The van der Waals surface area contributed by atoms with Gasteiger partial charge in [-0.05, 0) is 44.0 Å². The van der Waals surface area contributed by atoms with Crippen LogP contribution in [-0.4, -0.2) is 33.9 Å². The Morgan fingerprint density at radius 2 is 2.03 bits per heavy atom. The van der Waals surface area contributed by atoms with E-state index in [0.717, 1.165) is 29.5 Å². The summed E-state index contributed by atoms with van der Waals surface area (Å²) in [6.07, 6.45) is 1.82. The highest BCUT2D eigenvalue weighted by molar-refractivity contribution is 7.99. The predicted octanol–water partition coefficient (Wildman–Crippen LogP) is 4.36. The second-order valence-corrected chi connectivity index (χ2v) is 8.87. The van der Waals surface area contributed by atoms with Gasteiger partial charge in [0.05, 0.1) is 18.4 Å². The molecule has 7 nitrogen and oxygen atoms in total. The van der Waals surface area contributed by atoms with Crippen molar-refractivity contribution < 1.29 is 13.9 Å². The number of anilines is 1. The molecule has 32 heavy (non-hydrogen) atoms. The van der Waals surface area contributed by atoms with Crippen molar-refractivity contribution in [2.75, 3.05) is 17.7 Å². The van der Waals surface area contributed by atoms with Gasteiger partial charge in [-0.2, -0.15) is 0 Å². The fourth-order valence-corrected chi connectivity index (χ4v) is 4.68. The summed E-state index contributed by atoms with van der Waals surface area (Å²) in [7, 11) is 0. The van der Waals surface area contributed by atoms with Gasteiger partial charge in [-0.15, -0.1) is 0 Å². The SMILES string of the molecule is Cc1ccc(NC(=O)CSc2nc3c(oc4ccccc43)c(=O)n2CC2CCCO2)cc1. The van der Waals surface area contributed by atoms with Gasteiger partial charge in [-0.3, -0.25) is 14.2 Å². The maximum Gasteiger partial charge on any atom is 0.297 e. The number of carbonyl (C=O) groups excluding carboxylic acids is 1. The molecule has 1 N–H and O–H groups in total. The first-order chi connectivity index (χ1) is 15.6. The summed E-state index contributed by atoms with van der Waals surface area (Å²) in [5.41, 5.74) is 2.99. The summed E-state index contributed by atoms with van der Waals surface area (Å²) in [6, 6.07) is 15.1. The molecule has 5 rings (SSSR count). The van der Waals surface area contributed by atoms with E-state index < -0.39 is 0 Å². The topological polar surface area (TPSA) is 86.4 Å². The molecule has 0 aliphatic carbocycles. The molecular weight excluding hydrogens is 426 g/mol. The second-order valence-electron chi connectivity index (χ2n) is 7.92. The van der Waals surface area contributed by atoms with Gasteiger partial charge in [-0.1, -0.05) is 41.6 Å². The van der Waals surface area contributed by atoms with E-state index in [1.165, 1.54) is 11.8 Å². The average Bonchev–Trinajstić information content (AvgIpc) is 3.44. The first kappa shape index (κ1) is 20.8. The minimum absolute atomic E-state index is 0.0444. The highest BCUT2D eigenvalue weighted by Gasteiger charge is 2.23. The lowest BCUT2D eigenvalue weighted by Crippen LogP contribution is -2.29. The van der Waals surface area contributed by atoms with Gasteiger partial charge < -0.3 is 14.5 Å². The van der Waals surface area contributed by atoms with Crippen LogP contribution in [0, 0.1) is 6.92 Å². The van der Waals surface area contributed by atoms with E-state index >= 15 is 0 Å². The number of nitrogens with one attached hydrogen (secondary N) is 1. The number of furan rings is 1. The molecule has 1 atom stereocenters. The molecule has 0 radical (unpaired) electrons. The molecule has 1 fully saturated rings. The molecular formula is C24H23N3O4S. The van der Waals surface area contributed by atoms with E-state index in [2.05, 4.69) is 5.32 Å². The second kappa shape index (κ2) is 8.80. The van der Waals surface area contributed by atoms with Gasteiger partial charge >= 0.3 is 0 Å². The number of para-hydroxylation sites is 1. The number of hydrogen-bond acceptors (Lipinski definition) is 6. The number of aromatic nitrogens is 2. The maximum absolute atomic E-state index is 13.3. The Morgan fingerprint density at radius 1 is 1.22 bits per heavy atom. The van der Waals surface area contributed by atoms with Gasteiger partial charge in [0.25, 0.3) is 5.56 Å². The minimum Gasteiger partial charge on any atom is -0.448 e. The number of aryl methyl sites for hydroxylation is 1. The van der Waals surface area contributed by atoms with Gasteiger partial charge in [0.15, 0.2) is 5.16 Å². The van der Waals surface area contributed by atoms with Crippen molar-refractivity contribution in [3.05, 3.63) is 64.4 Å². The molecule has 164 valence electrons. The van der Waals surface area contributed by atoms with Gasteiger partial charge in [0.2, 0.25) is 11.5 Å². The van der Waals surface area contributed by atoms with E-state index in [0.29, 0.717) is 29.4 Å². The molecule has 0 bridgehead atoms. The number of benzene rings is 2. The van der Waals surface area contributed by atoms with Crippen LogP contribution in [0.4, 0.5) is 5.69 Å². The summed E-state index contributed by atoms with van der Waals surface area (Å²) in [4.78, 5) is 30.6. The summed E-state index contributed by atoms with van der Waals surface area (Å²) < 4.78 is 13.2. The quantitative estimate of drug-likeness (QED) is 0.348. The van der Waals surface area contributed by atoms with Crippen LogP contribution >= 0.6 is 11.8 Å². The summed E-state index contributed by atoms with van der Waals surface area (Å²) in [5.74, 6) is -0.0263. The van der Waals surface area contributed by atoms with E-state index in [-0.39, 0.29) is 28.9 Å². The van der Waals surface area contributed by atoms with E-state index in [4.69, 9.17) is 14.1 Å². The van der Waals surface area contributed by atoms with Crippen molar-refractivity contribution in [2.24, 2.45) is 0 Å². The predicted molar refractivity (Wildman–Crippen MR) is 125 cm³/mol. The number of fused-ring (bicyclic) bond motifs is 3. The number of amides is 1. The van der Waals surface area contributed by atoms with Gasteiger partial charge in [-0.25, -0.2) is 4.98 Å². The summed E-state index contributed by atoms with van der Waals surface area (Å²) >= 11 is 1.24. The molecule has 3 heterocycles. The van der Waals surface area contributed by atoms with Crippen LogP contribution in [0.2, 0.25) is 0 Å². The van der Waals surface area contributed by atoms with Crippen LogP contribution in [0.25, 0.3) is 22.1 Å². The largest absolute Gasteiger partial charge is 0.448 e. The van der Waals surface area contributed by atoms with Crippen molar-refractivity contribution in [3.8, 4) is 0 Å². The number of rotatable bonds is 6. The van der Waals surface area contributed by atoms with Crippen molar-refractivity contribution in [3.63, 3.8) is 0 Å². The zero-order valence-electron chi connectivity index (χ0n) is 17.7. The number of thioether (sulfide) groups is 1.